The van der Waals surface area contributed by atoms with E-state index in [2.05, 4.69) is 29.5 Å². The summed E-state index contributed by atoms with van der Waals surface area (Å²) in [5.41, 5.74) is 0.590. The Kier molecular flexibility index (Phi) is 4.22. The summed E-state index contributed by atoms with van der Waals surface area (Å²) in [7, 11) is 0. The van der Waals surface area contributed by atoms with E-state index < -0.39 is 0 Å². The second-order valence-electron chi connectivity index (χ2n) is 5.28. The molecule has 1 unspecified atom stereocenters. The molecule has 0 aliphatic carbocycles. The highest BCUT2D eigenvalue weighted by Crippen LogP contribution is 2.14. The van der Waals surface area contributed by atoms with Crippen LogP contribution in [0.5, 0.6) is 0 Å². The minimum Gasteiger partial charge on any atom is -0.466 e. The summed E-state index contributed by atoms with van der Waals surface area (Å²) in [5.74, 6) is 1.56. The van der Waals surface area contributed by atoms with Crippen LogP contribution in [0, 0.1) is 19.8 Å². The molecule has 1 N–H and O–H groups in total. The second-order valence-corrected chi connectivity index (χ2v) is 5.28. The monoisotopic (exact) mass is 276 g/mol. The topological polar surface area (TPSA) is 73.0 Å². The molecule has 0 saturated heterocycles. The van der Waals surface area contributed by atoms with Crippen LogP contribution in [-0.2, 0) is 6.54 Å². The maximum absolute atomic E-state index is 12.3. The third-order valence-corrected chi connectivity index (χ3v) is 3.26. The number of nitrogens with one attached hydrogen (secondary N) is 1. The number of aromatic nitrogens is 3. The van der Waals surface area contributed by atoms with Gasteiger partial charge < -0.3 is 9.73 Å². The van der Waals surface area contributed by atoms with Gasteiger partial charge in [0.15, 0.2) is 0 Å². The molecule has 0 aliphatic heterocycles. The number of carbonyl (C=O) groups is 1. The van der Waals surface area contributed by atoms with Crippen LogP contribution in [0.1, 0.15) is 35.7 Å². The van der Waals surface area contributed by atoms with Gasteiger partial charge in [-0.1, -0.05) is 19.1 Å². The summed E-state index contributed by atoms with van der Waals surface area (Å²) < 4.78 is 7.12. The Hall–Kier alpha value is -2.11. The SMILES string of the molecule is Cc1cc(C(=O)NC(Cn2ccnn2)C(C)C)c(C)o1. The van der Waals surface area contributed by atoms with Crippen LogP contribution in [0.2, 0.25) is 0 Å². The van der Waals surface area contributed by atoms with Crippen molar-refractivity contribution in [2.75, 3.05) is 0 Å². The van der Waals surface area contributed by atoms with Crippen molar-refractivity contribution < 1.29 is 9.21 Å². The molecule has 0 aliphatic rings. The Labute approximate surface area is 118 Å². The van der Waals surface area contributed by atoms with Gasteiger partial charge in [-0.25, -0.2) is 0 Å². The lowest BCUT2D eigenvalue weighted by molar-refractivity contribution is 0.0917. The Morgan fingerprint density at radius 1 is 1.45 bits per heavy atom. The minimum absolute atomic E-state index is 0.0150. The van der Waals surface area contributed by atoms with E-state index in [1.807, 2.05) is 6.92 Å². The summed E-state index contributed by atoms with van der Waals surface area (Å²) in [6.45, 7) is 8.35. The van der Waals surface area contributed by atoms with Gasteiger partial charge in [-0.2, -0.15) is 0 Å². The molecule has 1 atom stereocenters. The van der Waals surface area contributed by atoms with E-state index in [1.165, 1.54) is 0 Å². The highest BCUT2D eigenvalue weighted by Gasteiger charge is 2.20. The standard InChI is InChI=1S/C14H20N4O2/c1-9(2)13(8-18-6-5-15-17-18)16-14(19)12-7-10(3)20-11(12)4/h5-7,9,13H,8H2,1-4H3,(H,16,19). The van der Waals surface area contributed by atoms with E-state index in [9.17, 15) is 4.79 Å². The second kappa shape index (κ2) is 5.90. The summed E-state index contributed by atoms with van der Waals surface area (Å²) in [6, 6.07) is 1.75. The number of rotatable bonds is 5. The number of hydrogen-bond acceptors (Lipinski definition) is 4. The van der Waals surface area contributed by atoms with Crippen LogP contribution in [0.4, 0.5) is 0 Å². The predicted octanol–water partition coefficient (Wildman–Crippen LogP) is 1.94. The molecule has 2 aromatic rings. The number of nitrogens with zero attached hydrogens (tertiary/aromatic N) is 3. The van der Waals surface area contributed by atoms with Crippen LogP contribution >= 0.6 is 0 Å². The molecule has 2 heterocycles. The maximum atomic E-state index is 12.3. The van der Waals surface area contributed by atoms with Gasteiger partial charge in [-0.3, -0.25) is 9.48 Å². The smallest absolute Gasteiger partial charge is 0.255 e. The zero-order valence-corrected chi connectivity index (χ0v) is 12.3. The van der Waals surface area contributed by atoms with Crippen molar-refractivity contribution in [1.82, 2.24) is 20.3 Å². The summed E-state index contributed by atoms with van der Waals surface area (Å²) in [5, 5.41) is 10.7. The summed E-state index contributed by atoms with van der Waals surface area (Å²) in [4.78, 5) is 12.3. The predicted molar refractivity (Wildman–Crippen MR) is 74.3 cm³/mol. The first-order valence-electron chi connectivity index (χ1n) is 6.69. The van der Waals surface area contributed by atoms with Crippen molar-refractivity contribution in [2.24, 2.45) is 5.92 Å². The van der Waals surface area contributed by atoms with Crippen molar-refractivity contribution in [3.8, 4) is 0 Å². The van der Waals surface area contributed by atoms with Crippen molar-refractivity contribution in [3.63, 3.8) is 0 Å². The summed E-state index contributed by atoms with van der Waals surface area (Å²) >= 11 is 0. The number of carbonyl (C=O) groups excluding carboxylic acids is 1. The van der Waals surface area contributed by atoms with Crippen molar-refractivity contribution >= 4 is 5.91 Å². The molecule has 0 fully saturated rings. The lowest BCUT2D eigenvalue weighted by atomic mass is 10.0. The lowest BCUT2D eigenvalue weighted by Crippen LogP contribution is -2.41. The first-order valence-corrected chi connectivity index (χ1v) is 6.69. The minimum atomic E-state index is -0.113. The molecule has 0 bridgehead atoms. The van der Waals surface area contributed by atoms with E-state index in [4.69, 9.17) is 4.42 Å². The lowest BCUT2D eigenvalue weighted by Gasteiger charge is -2.22. The molecule has 20 heavy (non-hydrogen) atoms. The molecule has 1 amide bonds. The quantitative estimate of drug-likeness (QED) is 0.905. The molecule has 2 rings (SSSR count). The fourth-order valence-electron chi connectivity index (χ4n) is 2.06. The molecule has 0 aromatic carbocycles. The third kappa shape index (κ3) is 3.26. The third-order valence-electron chi connectivity index (χ3n) is 3.26. The molecular formula is C14H20N4O2. The van der Waals surface area contributed by atoms with Crippen molar-refractivity contribution in [2.45, 2.75) is 40.3 Å². The Morgan fingerprint density at radius 3 is 2.70 bits per heavy atom. The molecular weight excluding hydrogens is 256 g/mol. The number of hydrogen-bond donors (Lipinski definition) is 1. The summed E-state index contributed by atoms with van der Waals surface area (Å²) in [6.07, 6.45) is 3.41. The highest BCUT2D eigenvalue weighted by atomic mass is 16.3. The zero-order chi connectivity index (χ0) is 14.7. The van der Waals surface area contributed by atoms with Crippen LogP contribution in [0.25, 0.3) is 0 Å². The largest absolute Gasteiger partial charge is 0.466 e. The normalized spacial score (nSPS) is 12.7. The average Bonchev–Trinajstić information content (AvgIpc) is 2.97. The number of aryl methyl sites for hydroxylation is 2. The first kappa shape index (κ1) is 14.3. The molecule has 0 radical (unpaired) electrons. The molecule has 0 saturated carbocycles. The van der Waals surface area contributed by atoms with Gasteiger partial charge >= 0.3 is 0 Å². The van der Waals surface area contributed by atoms with E-state index >= 15 is 0 Å². The van der Waals surface area contributed by atoms with Crippen LogP contribution in [0.3, 0.4) is 0 Å². The first-order chi connectivity index (χ1) is 9.47. The van der Waals surface area contributed by atoms with Gasteiger partial charge in [0.05, 0.1) is 24.3 Å². The fourth-order valence-corrected chi connectivity index (χ4v) is 2.06. The maximum Gasteiger partial charge on any atom is 0.255 e. The van der Waals surface area contributed by atoms with Gasteiger partial charge in [0.2, 0.25) is 0 Å². The van der Waals surface area contributed by atoms with E-state index in [1.54, 1.807) is 30.1 Å². The van der Waals surface area contributed by atoms with Gasteiger partial charge in [0.1, 0.15) is 11.5 Å². The molecule has 108 valence electrons. The van der Waals surface area contributed by atoms with E-state index in [0.29, 0.717) is 17.9 Å². The van der Waals surface area contributed by atoms with Crippen LogP contribution < -0.4 is 5.32 Å². The average molecular weight is 276 g/mol. The Bertz CT molecular complexity index is 572. The van der Waals surface area contributed by atoms with E-state index in [0.717, 1.165) is 5.76 Å². The van der Waals surface area contributed by atoms with Gasteiger partial charge in [0.25, 0.3) is 5.91 Å². The van der Waals surface area contributed by atoms with Crippen LogP contribution in [-0.4, -0.2) is 26.9 Å². The van der Waals surface area contributed by atoms with Gasteiger partial charge in [-0.05, 0) is 25.8 Å². The molecule has 2 aromatic heterocycles. The van der Waals surface area contributed by atoms with Gasteiger partial charge in [-0.15, -0.1) is 5.10 Å². The Morgan fingerprint density at radius 2 is 2.20 bits per heavy atom. The zero-order valence-electron chi connectivity index (χ0n) is 12.3. The Balaban J connectivity index is 2.08. The van der Waals surface area contributed by atoms with E-state index in [-0.39, 0.29) is 17.9 Å². The fraction of sp³-hybridized carbons (Fsp3) is 0.500. The van der Waals surface area contributed by atoms with Crippen molar-refractivity contribution in [1.29, 1.82) is 0 Å². The number of amides is 1. The van der Waals surface area contributed by atoms with Crippen molar-refractivity contribution in [3.05, 3.63) is 35.5 Å². The highest BCUT2D eigenvalue weighted by molar-refractivity contribution is 5.95. The van der Waals surface area contributed by atoms with Crippen LogP contribution in [0.15, 0.2) is 22.9 Å². The molecule has 6 heteroatoms. The molecule has 6 nitrogen and oxygen atoms in total. The van der Waals surface area contributed by atoms with Gasteiger partial charge in [0, 0.05) is 6.20 Å². The number of furan rings is 1. The molecule has 0 spiro atoms.